The SMILES string of the molecule is Cc1csc(Cn2nc(C)c(C(=O)O)c2C)n1. The first-order valence-electron chi connectivity index (χ1n) is 5.17. The molecule has 0 spiro atoms. The van der Waals surface area contributed by atoms with E-state index in [1.807, 2.05) is 12.3 Å². The van der Waals surface area contributed by atoms with E-state index in [0.717, 1.165) is 10.7 Å². The molecule has 0 unspecified atom stereocenters. The van der Waals surface area contributed by atoms with Crippen LogP contribution in [0.3, 0.4) is 0 Å². The molecule has 2 aromatic heterocycles. The molecule has 5 nitrogen and oxygen atoms in total. The molecule has 0 bridgehead atoms. The monoisotopic (exact) mass is 251 g/mol. The van der Waals surface area contributed by atoms with Crippen molar-refractivity contribution < 1.29 is 9.90 Å². The van der Waals surface area contributed by atoms with Crippen molar-refractivity contribution in [2.24, 2.45) is 0 Å². The fraction of sp³-hybridized carbons (Fsp3) is 0.364. The van der Waals surface area contributed by atoms with Gasteiger partial charge in [0, 0.05) is 11.1 Å². The van der Waals surface area contributed by atoms with Crippen LogP contribution in [0.5, 0.6) is 0 Å². The van der Waals surface area contributed by atoms with Gasteiger partial charge in [-0.05, 0) is 20.8 Å². The number of aromatic nitrogens is 3. The van der Waals surface area contributed by atoms with Crippen LogP contribution in [0.15, 0.2) is 5.38 Å². The second-order valence-corrected chi connectivity index (χ2v) is 4.83. The van der Waals surface area contributed by atoms with Crippen molar-refractivity contribution in [2.45, 2.75) is 27.3 Å². The zero-order valence-corrected chi connectivity index (χ0v) is 10.7. The summed E-state index contributed by atoms with van der Waals surface area (Å²) < 4.78 is 1.69. The molecule has 0 saturated heterocycles. The van der Waals surface area contributed by atoms with E-state index in [2.05, 4.69) is 10.1 Å². The molecule has 90 valence electrons. The maximum absolute atomic E-state index is 11.0. The standard InChI is InChI=1S/C11H13N3O2S/c1-6-5-17-9(12-6)4-14-8(3)10(11(15)16)7(2)13-14/h5H,4H2,1-3H3,(H,15,16). The Labute approximate surface area is 103 Å². The van der Waals surface area contributed by atoms with Crippen LogP contribution in [-0.4, -0.2) is 25.8 Å². The average Bonchev–Trinajstić information content (AvgIpc) is 2.73. The lowest BCUT2D eigenvalue weighted by molar-refractivity contribution is 0.0695. The number of thiazole rings is 1. The van der Waals surface area contributed by atoms with Crippen LogP contribution in [0.2, 0.25) is 0 Å². The summed E-state index contributed by atoms with van der Waals surface area (Å²) in [4.78, 5) is 15.4. The predicted molar refractivity (Wildman–Crippen MR) is 64.6 cm³/mol. The van der Waals surface area contributed by atoms with Gasteiger partial charge in [0.2, 0.25) is 0 Å². The quantitative estimate of drug-likeness (QED) is 0.906. The van der Waals surface area contributed by atoms with Crippen molar-refractivity contribution in [1.82, 2.24) is 14.8 Å². The summed E-state index contributed by atoms with van der Waals surface area (Å²) >= 11 is 1.56. The highest BCUT2D eigenvalue weighted by Gasteiger charge is 2.18. The molecule has 0 aliphatic heterocycles. The van der Waals surface area contributed by atoms with Gasteiger partial charge in [0.15, 0.2) is 0 Å². The summed E-state index contributed by atoms with van der Waals surface area (Å²) in [5.41, 5.74) is 2.48. The smallest absolute Gasteiger partial charge is 0.339 e. The van der Waals surface area contributed by atoms with Gasteiger partial charge in [-0.2, -0.15) is 5.10 Å². The van der Waals surface area contributed by atoms with Crippen molar-refractivity contribution in [3.63, 3.8) is 0 Å². The molecule has 2 aromatic rings. The maximum Gasteiger partial charge on any atom is 0.339 e. The average molecular weight is 251 g/mol. The Kier molecular flexibility index (Phi) is 2.97. The topological polar surface area (TPSA) is 68.0 Å². The molecule has 0 saturated carbocycles. The molecule has 2 rings (SSSR count). The van der Waals surface area contributed by atoms with E-state index in [0.29, 0.717) is 23.5 Å². The fourth-order valence-corrected chi connectivity index (χ4v) is 2.52. The third kappa shape index (κ3) is 2.21. The van der Waals surface area contributed by atoms with Crippen LogP contribution < -0.4 is 0 Å². The number of aromatic carboxylic acids is 1. The van der Waals surface area contributed by atoms with E-state index in [1.54, 1.807) is 29.9 Å². The number of carbonyl (C=O) groups is 1. The van der Waals surface area contributed by atoms with E-state index >= 15 is 0 Å². The van der Waals surface area contributed by atoms with Gasteiger partial charge in [0.1, 0.15) is 10.6 Å². The zero-order valence-electron chi connectivity index (χ0n) is 9.89. The fourth-order valence-electron chi connectivity index (χ4n) is 1.76. The minimum Gasteiger partial charge on any atom is -0.478 e. The van der Waals surface area contributed by atoms with E-state index in [1.165, 1.54) is 0 Å². The summed E-state index contributed by atoms with van der Waals surface area (Å²) in [6.07, 6.45) is 0. The number of hydrogen-bond donors (Lipinski definition) is 1. The third-order valence-electron chi connectivity index (χ3n) is 2.55. The molecule has 0 radical (unpaired) electrons. The molecule has 0 amide bonds. The predicted octanol–water partition coefficient (Wildman–Crippen LogP) is 2.01. The van der Waals surface area contributed by atoms with E-state index in [-0.39, 0.29) is 0 Å². The van der Waals surface area contributed by atoms with Gasteiger partial charge in [0.25, 0.3) is 0 Å². The minimum absolute atomic E-state index is 0.290. The van der Waals surface area contributed by atoms with Crippen molar-refractivity contribution in [3.05, 3.63) is 33.0 Å². The number of hydrogen-bond acceptors (Lipinski definition) is 4. The molecule has 0 atom stereocenters. The van der Waals surface area contributed by atoms with E-state index in [4.69, 9.17) is 5.11 Å². The number of rotatable bonds is 3. The number of carboxylic acids is 1. The lowest BCUT2D eigenvalue weighted by atomic mass is 10.2. The third-order valence-corrected chi connectivity index (χ3v) is 3.50. The molecule has 0 fully saturated rings. The Balaban J connectivity index is 2.34. The summed E-state index contributed by atoms with van der Waals surface area (Å²) in [6.45, 7) is 5.94. The van der Waals surface area contributed by atoms with Gasteiger partial charge in [-0.15, -0.1) is 11.3 Å². The zero-order chi connectivity index (χ0) is 12.6. The Hall–Kier alpha value is -1.69. The lowest BCUT2D eigenvalue weighted by Crippen LogP contribution is -2.05. The Bertz CT molecular complexity index is 571. The first-order valence-corrected chi connectivity index (χ1v) is 6.05. The van der Waals surface area contributed by atoms with Gasteiger partial charge < -0.3 is 5.11 Å². The summed E-state index contributed by atoms with van der Waals surface area (Å²) in [7, 11) is 0. The molecule has 0 aliphatic carbocycles. The number of aryl methyl sites for hydroxylation is 2. The summed E-state index contributed by atoms with van der Waals surface area (Å²) in [5, 5.41) is 16.2. The van der Waals surface area contributed by atoms with Gasteiger partial charge in [-0.25, -0.2) is 9.78 Å². The first-order chi connectivity index (χ1) is 7.99. The van der Waals surface area contributed by atoms with Crippen molar-refractivity contribution >= 4 is 17.3 Å². The number of carboxylic acid groups (broad SMARTS) is 1. The normalized spacial score (nSPS) is 10.8. The molecule has 17 heavy (non-hydrogen) atoms. The minimum atomic E-state index is -0.929. The highest BCUT2D eigenvalue weighted by Crippen LogP contribution is 2.16. The molecular weight excluding hydrogens is 238 g/mol. The lowest BCUT2D eigenvalue weighted by Gasteiger charge is -2.01. The molecule has 0 aliphatic rings. The molecule has 1 N–H and O–H groups in total. The summed E-state index contributed by atoms with van der Waals surface area (Å²) in [5.74, 6) is -0.929. The largest absolute Gasteiger partial charge is 0.478 e. The molecule has 6 heteroatoms. The van der Waals surface area contributed by atoms with Crippen LogP contribution in [0, 0.1) is 20.8 Å². The Morgan fingerprint density at radius 1 is 1.47 bits per heavy atom. The van der Waals surface area contributed by atoms with Crippen LogP contribution >= 0.6 is 11.3 Å². The van der Waals surface area contributed by atoms with Gasteiger partial charge in [-0.1, -0.05) is 0 Å². The molecule has 2 heterocycles. The van der Waals surface area contributed by atoms with Crippen LogP contribution in [-0.2, 0) is 6.54 Å². The Morgan fingerprint density at radius 2 is 2.18 bits per heavy atom. The molecular formula is C11H13N3O2S. The second kappa shape index (κ2) is 4.29. The van der Waals surface area contributed by atoms with Crippen molar-refractivity contribution in [2.75, 3.05) is 0 Å². The van der Waals surface area contributed by atoms with Crippen molar-refractivity contribution in [1.29, 1.82) is 0 Å². The Morgan fingerprint density at radius 3 is 2.65 bits per heavy atom. The van der Waals surface area contributed by atoms with Crippen LogP contribution in [0.4, 0.5) is 0 Å². The van der Waals surface area contributed by atoms with Crippen molar-refractivity contribution in [3.8, 4) is 0 Å². The van der Waals surface area contributed by atoms with Gasteiger partial charge in [-0.3, -0.25) is 4.68 Å². The molecule has 0 aromatic carbocycles. The maximum atomic E-state index is 11.0. The summed E-state index contributed by atoms with van der Waals surface area (Å²) in [6, 6.07) is 0. The van der Waals surface area contributed by atoms with E-state index < -0.39 is 5.97 Å². The highest BCUT2D eigenvalue weighted by atomic mass is 32.1. The van der Waals surface area contributed by atoms with Crippen LogP contribution in [0.25, 0.3) is 0 Å². The highest BCUT2D eigenvalue weighted by molar-refractivity contribution is 7.09. The second-order valence-electron chi connectivity index (χ2n) is 3.89. The van der Waals surface area contributed by atoms with E-state index in [9.17, 15) is 4.79 Å². The number of nitrogens with zero attached hydrogens (tertiary/aromatic N) is 3. The van der Waals surface area contributed by atoms with Crippen LogP contribution in [0.1, 0.15) is 32.4 Å². The van der Waals surface area contributed by atoms with Gasteiger partial charge >= 0.3 is 5.97 Å². The first kappa shape index (κ1) is 11.8. The van der Waals surface area contributed by atoms with Gasteiger partial charge in [0.05, 0.1) is 17.9 Å².